The van der Waals surface area contributed by atoms with Gasteiger partial charge in [-0.05, 0) is 54.8 Å². The maximum Gasteiger partial charge on any atom is 0.322 e. The smallest absolute Gasteiger partial charge is 0.322 e. The molecule has 0 radical (unpaired) electrons. The van der Waals surface area contributed by atoms with Gasteiger partial charge in [0.25, 0.3) is 0 Å². The van der Waals surface area contributed by atoms with Gasteiger partial charge in [0.05, 0.1) is 18.7 Å². The van der Waals surface area contributed by atoms with Gasteiger partial charge in [0.2, 0.25) is 0 Å². The molecule has 0 saturated carbocycles. The van der Waals surface area contributed by atoms with Crippen molar-refractivity contribution in [2.75, 3.05) is 26.0 Å². The van der Waals surface area contributed by atoms with Crippen molar-refractivity contribution in [2.24, 2.45) is 5.73 Å². The summed E-state index contributed by atoms with van der Waals surface area (Å²) in [6, 6.07) is 14.2. The molecule has 6 heteroatoms. The van der Waals surface area contributed by atoms with Crippen LogP contribution in [-0.2, 0) is 18.5 Å². The highest BCUT2D eigenvalue weighted by atomic mass is 16.5. The van der Waals surface area contributed by atoms with Gasteiger partial charge in [-0.25, -0.2) is 4.79 Å². The van der Waals surface area contributed by atoms with Crippen molar-refractivity contribution in [3.63, 3.8) is 0 Å². The van der Waals surface area contributed by atoms with Gasteiger partial charge in [-0.2, -0.15) is 0 Å². The standard InChI is InChI=1S/C22H26N4O2/c1-25-10-9-22(23)17-12-16(28-2)8-7-14(17)11-19(25)20(22)26-13-15-5-3-4-6-18(15)24-21(26)27/h3-8,12,19-20H,9-11,13,23H2,1-2H3,(H,24,27)/t19-,20-,22+/m1/s1. The number of hydrogen-bond acceptors (Lipinski definition) is 4. The molecule has 2 aliphatic heterocycles. The molecule has 1 saturated heterocycles. The van der Waals surface area contributed by atoms with E-state index in [1.165, 1.54) is 5.56 Å². The highest BCUT2D eigenvalue weighted by molar-refractivity contribution is 5.92. The maximum atomic E-state index is 13.1. The third-order valence-corrected chi connectivity index (χ3v) is 6.78. The van der Waals surface area contributed by atoms with E-state index >= 15 is 0 Å². The van der Waals surface area contributed by atoms with E-state index in [1.54, 1.807) is 7.11 Å². The molecule has 2 aromatic rings. The maximum absolute atomic E-state index is 13.1. The number of likely N-dealkylation sites (N-methyl/N-ethyl adjacent to an activating group) is 1. The fraction of sp³-hybridized carbons (Fsp3) is 0.409. The largest absolute Gasteiger partial charge is 0.497 e. The molecule has 0 aromatic heterocycles. The minimum Gasteiger partial charge on any atom is -0.497 e. The van der Waals surface area contributed by atoms with Gasteiger partial charge in [0, 0.05) is 24.8 Å². The zero-order chi connectivity index (χ0) is 19.5. The number of nitrogens with two attached hydrogens (primary N) is 1. The van der Waals surface area contributed by atoms with Crippen LogP contribution in [0, 0.1) is 0 Å². The van der Waals surface area contributed by atoms with Crippen LogP contribution >= 0.6 is 0 Å². The van der Waals surface area contributed by atoms with Crippen LogP contribution in [0.4, 0.5) is 10.5 Å². The summed E-state index contributed by atoms with van der Waals surface area (Å²) in [5, 5.41) is 3.06. The summed E-state index contributed by atoms with van der Waals surface area (Å²) in [5.74, 6) is 0.813. The molecule has 3 atom stereocenters. The van der Waals surface area contributed by atoms with E-state index < -0.39 is 5.54 Å². The van der Waals surface area contributed by atoms with Gasteiger partial charge < -0.3 is 25.6 Å². The molecule has 0 spiro atoms. The summed E-state index contributed by atoms with van der Waals surface area (Å²) in [6.07, 6.45) is 1.68. The second kappa shape index (κ2) is 6.22. The lowest BCUT2D eigenvalue weighted by molar-refractivity contribution is 0.00238. The normalized spacial score (nSPS) is 29.0. The Morgan fingerprint density at radius 3 is 2.86 bits per heavy atom. The average molecular weight is 378 g/mol. The predicted octanol–water partition coefficient (Wildman–Crippen LogP) is 2.53. The van der Waals surface area contributed by atoms with E-state index in [-0.39, 0.29) is 18.1 Å². The first kappa shape index (κ1) is 17.5. The van der Waals surface area contributed by atoms with Crippen molar-refractivity contribution in [1.82, 2.24) is 9.80 Å². The Kier molecular flexibility index (Phi) is 3.89. The zero-order valence-corrected chi connectivity index (χ0v) is 16.3. The predicted molar refractivity (Wildman–Crippen MR) is 108 cm³/mol. The van der Waals surface area contributed by atoms with Crippen LogP contribution in [0.5, 0.6) is 5.75 Å². The van der Waals surface area contributed by atoms with Crippen LogP contribution in [0.1, 0.15) is 23.1 Å². The number of hydrogen-bond donors (Lipinski definition) is 2. The summed E-state index contributed by atoms with van der Waals surface area (Å²) in [7, 11) is 3.82. The van der Waals surface area contributed by atoms with Crippen molar-refractivity contribution in [3.8, 4) is 5.75 Å². The van der Waals surface area contributed by atoms with Crippen molar-refractivity contribution in [3.05, 3.63) is 59.2 Å². The third-order valence-electron chi connectivity index (χ3n) is 6.78. The summed E-state index contributed by atoms with van der Waals surface area (Å²) in [5.41, 5.74) is 11.0. The molecular weight excluding hydrogens is 352 g/mol. The lowest BCUT2D eigenvalue weighted by atomic mass is 9.66. The van der Waals surface area contributed by atoms with Crippen LogP contribution in [-0.4, -0.2) is 48.6 Å². The zero-order valence-electron chi connectivity index (χ0n) is 16.3. The Bertz CT molecular complexity index is 946. The van der Waals surface area contributed by atoms with Gasteiger partial charge in [0.1, 0.15) is 5.75 Å². The van der Waals surface area contributed by atoms with E-state index in [9.17, 15) is 4.79 Å². The molecule has 2 aromatic carbocycles. The van der Waals surface area contributed by atoms with Gasteiger partial charge in [-0.15, -0.1) is 0 Å². The average Bonchev–Trinajstić information content (AvgIpc) is 2.70. The van der Waals surface area contributed by atoms with Gasteiger partial charge in [0.15, 0.2) is 0 Å². The Labute approximate surface area is 165 Å². The monoisotopic (exact) mass is 378 g/mol. The third kappa shape index (κ3) is 2.45. The second-order valence-electron chi connectivity index (χ2n) is 8.23. The molecule has 2 heterocycles. The molecule has 146 valence electrons. The summed E-state index contributed by atoms with van der Waals surface area (Å²) in [6.45, 7) is 1.50. The Morgan fingerprint density at radius 2 is 2.04 bits per heavy atom. The highest BCUT2D eigenvalue weighted by Gasteiger charge is 2.54. The molecule has 3 aliphatic rings. The number of anilines is 1. The lowest BCUT2D eigenvalue weighted by Crippen LogP contribution is -2.72. The number of piperidine rings is 1. The first-order chi connectivity index (χ1) is 13.5. The second-order valence-corrected chi connectivity index (χ2v) is 8.23. The number of carbonyl (C=O) groups excluding carboxylic acids is 1. The molecule has 3 N–H and O–H groups in total. The van der Waals surface area contributed by atoms with Gasteiger partial charge in [-0.3, -0.25) is 0 Å². The molecular formula is C22H26N4O2. The highest BCUT2D eigenvalue weighted by Crippen LogP contribution is 2.46. The number of para-hydroxylation sites is 1. The summed E-state index contributed by atoms with van der Waals surface area (Å²) >= 11 is 0. The van der Waals surface area contributed by atoms with E-state index in [1.807, 2.05) is 29.2 Å². The molecule has 6 nitrogen and oxygen atoms in total. The number of rotatable bonds is 2. The van der Waals surface area contributed by atoms with Crippen LogP contribution < -0.4 is 15.8 Å². The quantitative estimate of drug-likeness (QED) is 0.843. The van der Waals surface area contributed by atoms with Crippen LogP contribution in [0.15, 0.2) is 42.5 Å². The Morgan fingerprint density at radius 1 is 1.21 bits per heavy atom. The van der Waals surface area contributed by atoms with Gasteiger partial charge in [-0.1, -0.05) is 24.3 Å². The van der Waals surface area contributed by atoms with E-state index in [2.05, 4.69) is 35.5 Å². The number of nitrogens with one attached hydrogen (secondary N) is 1. The van der Waals surface area contributed by atoms with Crippen molar-refractivity contribution in [1.29, 1.82) is 0 Å². The van der Waals surface area contributed by atoms with Crippen molar-refractivity contribution >= 4 is 11.7 Å². The number of urea groups is 1. The van der Waals surface area contributed by atoms with E-state index in [0.717, 1.165) is 42.0 Å². The fourth-order valence-electron chi connectivity index (χ4n) is 5.27. The minimum atomic E-state index is -0.594. The number of ether oxygens (including phenoxy) is 1. The SMILES string of the molecule is COc1ccc2c(c1)[C@@]1(N)CCN(C)[C@H](C2)[C@H]1N1Cc2ccccc2NC1=O. The fourth-order valence-corrected chi connectivity index (χ4v) is 5.27. The van der Waals surface area contributed by atoms with Crippen molar-refractivity contribution in [2.45, 2.75) is 37.0 Å². The molecule has 28 heavy (non-hydrogen) atoms. The molecule has 0 unspecified atom stereocenters. The first-order valence-electron chi connectivity index (χ1n) is 9.83. The first-order valence-corrected chi connectivity index (χ1v) is 9.83. The number of amides is 2. The van der Waals surface area contributed by atoms with Crippen LogP contribution in [0.25, 0.3) is 0 Å². The minimum absolute atomic E-state index is 0.0647. The summed E-state index contributed by atoms with van der Waals surface area (Å²) < 4.78 is 5.47. The number of fused-ring (bicyclic) bond motifs is 5. The summed E-state index contributed by atoms with van der Waals surface area (Å²) in [4.78, 5) is 17.4. The van der Waals surface area contributed by atoms with Gasteiger partial charge >= 0.3 is 6.03 Å². The van der Waals surface area contributed by atoms with E-state index in [4.69, 9.17) is 10.5 Å². The Balaban J connectivity index is 1.61. The molecule has 5 rings (SSSR count). The molecule has 2 bridgehead atoms. The number of benzene rings is 2. The number of likely N-dealkylation sites (tertiary alicyclic amines) is 1. The lowest BCUT2D eigenvalue weighted by Gasteiger charge is -2.57. The topological polar surface area (TPSA) is 70.8 Å². The number of methoxy groups -OCH3 is 1. The van der Waals surface area contributed by atoms with Crippen LogP contribution in [0.2, 0.25) is 0 Å². The van der Waals surface area contributed by atoms with Crippen LogP contribution in [0.3, 0.4) is 0 Å². The Hall–Kier alpha value is -2.57. The number of nitrogens with zero attached hydrogens (tertiary/aromatic N) is 2. The molecule has 2 amide bonds. The molecule has 1 aliphatic carbocycles. The number of carbonyl (C=O) groups is 1. The van der Waals surface area contributed by atoms with Crippen molar-refractivity contribution < 1.29 is 9.53 Å². The van der Waals surface area contributed by atoms with E-state index in [0.29, 0.717) is 6.54 Å². The molecule has 1 fully saturated rings.